The van der Waals surface area contributed by atoms with Crippen LogP contribution < -0.4 is 0 Å². The maximum atomic E-state index is 11.4. The molecule has 0 unspecified atom stereocenters. The molecule has 0 aromatic heterocycles. The SMILES string of the molecule is CC(C)CCOS(=O)(=O)CS(=O)(=O)OCCC(C)C. The van der Waals surface area contributed by atoms with Crippen molar-refractivity contribution in [1.82, 2.24) is 0 Å². The summed E-state index contributed by atoms with van der Waals surface area (Å²) < 4.78 is 55.0. The van der Waals surface area contributed by atoms with E-state index in [1.54, 1.807) is 0 Å². The topological polar surface area (TPSA) is 86.7 Å². The first-order valence-electron chi connectivity index (χ1n) is 6.28. The lowest BCUT2D eigenvalue weighted by atomic mass is 10.2. The van der Waals surface area contributed by atoms with E-state index in [4.69, 9.17) is 0 Å². The Morgan fingerprint density at radius 2 is 1.05 bits per heavy atom. The average Bonchev–Trinajstić information content (AvgIpc) is 2.12. The zero-order valence-corrected chi connectivity index (χ0v) is 13.6. The lowest BCUT2D eigenvalue weighted by Gasteiger charge is -2.09. The highest BCUT2D eigenvalue weighted by molar-refractivity contribution is 8.03. The van der Waals surface area contributed by atoms with Crippen molar-refractivity contribution in [3.8, 4) is 0 Å². The van der Waals surface area contributed by atoms with Gasteiger partial charge in [0, 0.05) is 0 Å². The predicted molar refractivity (Wildman–Crippen MR) is 73.5 cm³/mol. The van der Waals surface area contributed by atoms with Gasteiger partial charge in [-0.15, -0.1) is 0 Å². The minimum absolute atomic E-state index is 0.0124. The van der Waals surface area contributed by atoms with Crippen LogP contribution in [0.3, 0.4) is 0 Å². The molecule has 0 radical (unpaired) electrons. The van der Waals surface area contributed by atoms with Gasteiger partial charge in [-0.2, -0.15) is 16.8 Å². The number of rotatable bonds is 10. The van der Waals surface area contributed by atoms with E-state index in [9.17, 15) is 16.8 Å². The van der Waals surface area contributed by atoms with Crippen LogP contribution in [-0.2, 0) is 28.6 Å². The third-order valence-corrected chi connectivity index (χ3v) is 5.57. The molecule has 19 heavy (non-hydrogen) atoms. The van der Waals surface area contributed by atoms with Crippen molar-refractivity contribution >= 4 is 20.2 Å². The highest BCUT2D eigenvalue weighted by Crippen LogP contribution is 2.08. The van der Waals surface area contributed by atoms with E-state index in [0.29, 0.717) is 12.8 Å². The third-order valence-electron chi connectivity index (χ3n) is 2.20. The monoisotopic (exact) mass is 316 g/mol. The van der Waals surface area contributed by atoms with Crippen LogP contribution in [0.15, 0.2) is 0 Å². The normalized spacial score (nSPS) is 13.4. The molecule has 0 fully saturated rings. The summed E-state index contributed by atoms with van der Waals surface area (Å²) in [5.41, 5.74) is 0. The quantitative estimate of drug-likeness (QED) is 0.570. The Bertz CT molecular complexity index is 394. The lowest BCUT2D eigenvalue weighted by Crippen LogP contribution is -2.22. The molecule has 0 aromatic rings. The summed E-state index contributed by atoms with van der Waals surface area (Å²) in [5, 5.41) is -1.13. The lowest BCUT2D eigenvalue weighted by molar-refractivity contribution is 0.285. The van der Waals surface area contributed by atoms with Crippen molar-refractivity contribution in [2.24, 2.45) is 11.8 Å². The minimum Gasteiger partial charge on any atom is -0.269 e. The van der Waals surface area contributed by atoms with Gasteiger partial charge < -0.3 is 0 Å². The van der Waals surface area contributed by atoms with Crippen molar-refractivity contribution in [2.45, 2.75) is 40.5 Å². The van der Waals surface area contributed by atoms with Crippen molar-refractivity contribution in [3.05, 3.63) is 0 Å². The summed E-state index contributed by atoms with van der Waals surface area (Å²) >= 11 is 0. The number of hydrogen-bond acceptors (Lipinski definition) is 6. The highest BCUT2D eigenvalue weighted by atomic mass is 32.3. The van der Waals surface area contributed by atoms with E-state index >= 15 is 0 Å². The fourth-order valence-corrected chi connectivity index (χ4v) is 3.73. The van der Waals surface area contributed by atoms with Crippen molar-refractivity contribution in [3.63, 3.8) is 0 Å². The second kappa shape index (κ2) is 8.18. The van der Waals surface area contributed by atoms with Crippen LogP contribution in [-0.4, -0.2) is 35.1 Å². The maximum absolute atomic E-state index is 11.4. The van der Waals surface area contributed by atoms with E-state index in [2.05, 4.69) is 8.37 Å². The largest absolute Gasteiger partial charge is 0.284 e. The van der Waals surface area contributed by atoms with E-state index in [-0.39, 0.29) is 25.0 Å². The molecule has 0 amide bonds. The first-order valence-corrected chi connectivity index (χ1v) is 9.44. The van der Waals surface area contributed by atoms with Crippen LogP contribution in [0.2, 0.25) is 0 Å². The van der Waals surface area contributed by atoms with Gasteiger partial charge in [0.2, 0.25) is 5.08 Å². The molecule has 0 aliphatic carbocycles. The highest BCUT2D eigenvalue weighted by Gasteiger charge is 2.24. The molecule has 0 saturated heterocycles. The molecule has 0 aliphatic rings. The molecule has 0 saturated carbocycles. The standard InChI is InChI=1S/C11H24O6S2/c1-10(2)5-7-16-18(12,13)9-19(14,15)17-8-6-11(3)4/h10-11H,5-9H2,1-4H3. The van der Waals surface area contributed by atoms with Crippen LogP contribution in [0.1, 0.15) is 40.5 Å². The van der Waals surface area contributed by atoms with Crippen LogP contribution in [0.25, 0.3) is 0 Å². The molecular weight excluding hydrogens is 292 g/mol. The van der Waals surface area contributed by atoms with E-state index in [1.807, 2.05) is 27.7 Å². The fraction of sp³-hybridized carbons (Fsp3) is 1.00. The Balaban J connectivity index is 4.24. The Morgan fingerprint density at radius 1 is 0.737 bits per heavy atom. The molecule has 0 rings (SSSR count). The van der Waals surface area contributed by atoms with Crippen LogP contribution in [0.5, 0.6) is 0 Å². The third kappa shape index (κ3) is 11.4. The van der Waals surface area contributed by atoms with Crippen molar-refractivity contribution in [2.75, 3.05) is 18.3 Å². The summed E-state index contributed by atoms with van der Waals surface area (Å²) in [4.78, 5) is 0. The molecule has 0 N–H and O–H groups in total. The summed E-state index contributed by atoms with van der Waals surface area (Å²) in [6, 6.07) is 0. The Hall–Kier alpha value is -0.180. The molecule has 0 spiro atoms. The molecule has 0 aromatic carbocycles. The maximum Gasteiger partial charge on any atom is 0.284 e. The van der Waals surface area contributed by atoms with Gasteiger partial charge in [-0.25, -0.2) is 0 Å². The summed E-state index contributed by atoms with van der Waals surface area (Å²) in [6.45, 7) is 7.65. The van der Waals surface area contributed by atoms with Gasteiger partial charge in [0.05, 0.1) is 13.2 Å². The van der Waals surface area contributed by atoms with Gasteiger partial charge in [-0.05, 0) is 24.7 Å². The average molecular weight is 316 g/mol. The first-order chi connectivity index (χ1) is 8.54. The van der Waals surface area contributed by atoms with E-state index in [0.717, 1.165) is 0 Å². The van der Waals surface area contributed by atoms with E-state index < -0.39 is 25.3 Å². The van der Waals surface area contributed by atoms with Crippen molar-refractivity contribution in [1.29, 1.82) is 0 Å². The van der Waals surface area contributed by atoms with Gasteiger partial charge in [-0.3, -0.25) is 8.37 Å². The second-order valence-corrected chi connectivity index (χ2v) is 8.89. The van der Waals surface area contributed by atoms with Gasteiger partial charge in [-0.1, -0.05) is 27.7 Å². The summed E-state index contributed by atoms with van der Waals surface area (Å²) in [7, 11) is -8.20. The van der Waals surface area contributed by atoms with Gasteiger partial charge in [0.15, 0.2) is 0 Å². The van der Waals surface area contributed by atoms with Crippen LogP contribution in [0.4, 0.5) is 0 Å². The summed E-state index contributed by atoms with van der Waals surface area (Å²) in [6.07, 6.45) is 1.10. The molecule has 116 valence electrons. The minimum atomic E-state index is -4.10. The van der Waals surface area contributed by atoms with Gasteiger partial charge >= 0.3 is 0 Å². The first kappa shape index (κ1) is 18.8. The molecule has 8 heteroatoms. The molecule has 0 aliphatic heterocycles. The Kier molecular flexibility index (Phi) is 8.11. The Labute approximate surface area is 116 Å². The van der Waals surface area contributed by atoms with Crippen molar-refractivity contribution < 1.29 is 25.2 Å². The molecule has 6 nitrogen and oxygen atoms in total. The van der Waals surface area contributed by atoms with Gasteiger partial charge in [0.1, 0.15) is 0 Å². The number of hydrogen-bond donors (Lipinski definition) is 0. The Morgan fingerprint density at radius 3 is 1.32 bits per heavy atom. The molecule has 0 heterocycles. The zero-order chi connectivity index (χ0) is 15.1. The van der Waals surface area contributed by atoms with Gasteiger partial charge in [0.25, 0.3) is 20.2 Å². The molecular formula is C11H24O6S2. The van der Waals surface area contributed by atoms with E-state index in [1.165, 1.54) is 0 Å². The fourth-order valence-electron chi connectivity index (χ4n) is 1.07. The smallest absolute Gasteiger partial charge is 0.269 e. The molecule has 0 bridgehead atoms. The second-order valence-electron chi connectivity index (χ2n) is 5.24. The summed E-state index contributed by atoms with van der Waals surface area (Å²) in [5.74, 6) is 0.572. The van der Waals surface area contributed by atoms with Crippen LogP contribution in [0, 0.1) is 11.8 Å². The zero-order valence-electron chi connectivity index (χ0n) is 12.0. The van der Waals surface area contributed by atoms with Crippen LogP contribution >= 0.6 is 0 Å². The predicted octanol–water partition coefficient (Wildman–Crippen LogP) is 1.73. The molecule has 0 atom stereocenters.